The van der Waals surface area contributed by atoms with Crippen molar-refractivity contribution in [2.45, 2.75) is 6.92 Å². The van der Waals surface area contributed by atoms with Gasteiger partial charge in [0.25, 0.3) is 0 Å². The second-order valence-corrected chi connectivity index (χ2v) is 4.01. The zero-order valence-electron chi connectivity index (χ0n) is 9.37. The molecular formula is C14H13NO. The highest BCUT2D eigenvalue weighted by molar-refractivity contribution is 6.11. The van der Waals surface area contributed by atoms with Gasteiger partial charge < -0.3 is 9.72 Å². The summed E-state index contributed by atoms with van der Waals surface area (Å²) in [4.78, 5) is 3.41. The standard InChI is InChI=1S/C14H13NO/c1-9-5-3-6-10-13(9)14-11(15-10)7-4-8-12(14)16-2/h3-8,15H,1-2H3. The van der Waals surface area contributed by atoms with Gasteiger partial charge in [0, 0.05) is 16.3 Å². The zero-order valence-corrected chi connectivity index (χ0v) is 9.37. The highest BCUT2D eigenvalue weighted by Gasteiger charge is 2.10. The minimum absolute atomic E-state index is 0.929. The van der Waals surface area contributed by atoms with Crippen molar-refractivity contribution in [1.29, 1.82) is 0 Å². The van der Waals surface area contributed by atoms with Crippen LogP contribution in [0.1, 0.15) is 5.56 Å². The van der Waals surface area contributed by atoms with Crippen molar-refractivity contribution < 1.29 is 4.74 Å². The maximum atomic E-state index is 5.43. The van der Waals surface area contributed by atoms with Crippen LogP contribution in [0.5, 0.6) is 5.75 Å². The highest BCUT2D eigenvalue weighted by atomic mass is 16.5. The average Bonchev–Trinajstić information content (AvgIpc) is 2.68. The van der Waals surface area contributed by atoms with Gasteiger partial charge in [-0.15, -0.1) is 0 Å². The molecule has 2 aromatic carbocycles. The molecule has 1 heterocycles. The average molecular weight is 211 g/mol. The van der Waals surface area contributed by atoms with Gasteiger partial charge in [-0.2, -0.15) is 0 Å². The van der Waals surface area contributed by atoms with Crippen LogP contribution in [0.3, 0.4) is 0 Å². The first-order valence-corrected chi connectivity index (χ1v) is 5.35. The van der Waals surface area contributed by atoms with Gasteiger partial charge in [-0.05, 0) is 30.7 Å². The number of methoxy groups -OCH3 is 1. The van der Waals surface area contributed by atoms with E-state index in [-0.39, 0.29) is 0 Å². The van der Waals surface area contributed by atoms with Crippen molar-refractivity contribution in [1.82, 2.24) is 4.98 Å². The van der Waals surface area contributed by atoms with Gasteiger partial charge in [-0.3, -0.25) is 0 Å². The number of fused-ring (bicyclic) bond motifs is 3. The lowest BCUT2D eigenvalue weighted by molar-refractivity contribution is 0.420. The fourth-order valence-corrected chi connectivity index (χ4v) is 2.31. The van der Waals surface area contributed by atoms with Crippen molar-refractivity contribution >= 4 is 21.8 Å². The van der Waals surface area contributed by atoms with Crippen LogP contribution in [0.2, 0.25) is 0 Å². The molecule has 1 aromatic heterocycles. The first-order chi connectivity index (χ1) is 7.81. The lowest BCUT2D eigenvalue weighted by Gasteiger charge is -2.02. The molecule has 0 spiro atoms. The van der Waals surface area contributed by atoms with Crippen LogP contribution in [0.25, 0.3) is 21.8 Å². The van der Waals surface area contributed by atoms with Crippen LogP contribution in [-0.4, -0.2) is 12.1 Å². The fraction of sp³-hybridized carbons (Fsp3) is 0.143. The third-order valence-corrected chi connectivity index (χ3v) is 3.04. The summed E-state index contributed by atoms with van der Waals surface area (Å²) in [7, 11) is 1.71. The number of H-pyrrole nitrogens is 1. The first-order valence-electron chi connectivity index (χ1n) is 5.35. The van der Waals surface area contributed by atoms with E-state index in [1.165, 1.54) is 21.9 Å². The summed E-state index contributed by atoms with van der Waals surface area (Å²) in [6, 6.07) is 12.4. The Labute approximate surface area is 93.8 Å². The molecule has 2 nitrogen and oxygen atoms in total. The van der Waals surface area contributed by atoms with Gasteiger partial charge in [-0.25, -0.2) is 0 Å². The Morgan fingerprint density at radius 1 is 0.938 bits per heavy atom. The minimum Gasteiger partial charge on any atom is -0.496 e. The minimum atomic E-state index is 0.929. The molecule has 0 aliphatic rings. The molecule has 0 unspecified atom stereocenters. The van der Waals surface area contributed by atoms with Crippen LogP contribution in [-0.2, 0) is 0 Å². The Balaban J connectivity index is 2.60. The van der Waals surface area contributed by atoms with E-state index in [2.05, 4.69) is 36.2 Å². The number of hydrogen-bond acceptors (Lipinski definition) is 1. The topological polar surface area (TPSA) is 25.0 Å². The van der Waals surface area contributed by atoms with Crippen molar-refractivity contribution in [2.75, 3.05) is 7.11 Å². The number of aryl methyl sites for hydroxylation is 1. The molecule has 1 N–H and O–H groups in total. The molecule has 80 valence electrons. The molecule has 0 radical (unpaired) electrons. The third-order valence-electron chi connectivity index (χ3n) is 3.04. The number of hydrogen-bond donors (Lipinski definition) is 1. The Hall–Kier alpha value is -1.96. The monoisotopic (exact) mass is 211 g/mol. The predicted molar refractivity (Wildman–Crippen MR) is 67.1 cm³/mol. The molecule has 0 aliphatic carbocycles. The van der Waals surface area contributed by atoms with Crippen molar-refractivity contribution in [2.24, 2.45) is 0 Å². The normalized spacial score (nSPS) is 11.1. The number of benzene rings is 2. The quantitative estimate of drug-likeness (QED) is 0.653. The van der Waals surface area contributed by atoms with Gasteiger partial charge in [0.05, 0.1) is 12.6 Å². The zero-order chi connectivity index (χ0) is 11.1. The Bertz CT molecular complexity index is 667. The van der Waals surface area contributed by atoms with E-state index in [1.807, 2.05) is 12.1 Å². The van der Waals surface area contributed by atoms with Gasteiger partial charge in [0.2, 0.25) is 0 Å². The molecule has 0 saturated heterocycles. The van der Waals surface area contributed by atoms with E-state index in [0.717, 1.165) is 11.3 Å². The SMILES string of the molecule is COc1cccc2[nH]c3cccc(C)c3c12. The third kappa shape index (κ3) is 1.13. The van der Waals surface area contributed by atoms with E-state index < -0.39 is 0 Å². The highest BCUT2D eigenvalue weighted by Crippen LogP contribution is 2.34. The first kappa shape index (κ1) is 9.28. The molecule has 0 fully saturated rings. The van der Waals surface area contributed by atoms with Crippen LogP contribution in [0, 0.1) is 6.92 Å². The van der Waals surface area contributed by atoms with E-state index in [9.17, 15) is 0 Å². The molecule has 0 atom stereocenters. The van der Waals surface area contributed by atoms with Gasteiger partial charge in [0.1, 0.15) is 5.75 Å². The second-order valence-electron chi connectivity index (χ2n) is 4.01. The molecular weight excluding hydrogens is 198 g/mol. The van der Waals surface area contributed by atoms with Crippen LogP contribution in [0.15, 0.2) is 36.4 Å². The molecule has 0 aliphatic heterocycles. The molecule has 0 bridgehead atoms. The molecule has 3 aromatic rings. The summed E-state index contributed by atoms with van der Waals surface area (Å²) in [5, 5.41) is 2.44. The molecule has 3 rings (SSSR count). The van der Waals surface area contributed by atoms with Crippen molar-refractivity contribution in [3.8, 4) is 5.75 Å². The number of nitrogens with one attached hydrogen (secondary N) is 1. The number of aromatic nitrogens is 1. The molecule has 16 heavy (non-hydrogen) atoms. The summed E-state index contributed by atoms with van der Waals surface area (Å²) in [5.74, 6) is 0.929. The van der Waals surface area contributed by atoms with E-state index >= 15 is 0 Å². The summed E-state index contributed by atoms with van der Waals surface area (Å²) in [6.45, 7) is 2.13. The largest absolute Gasteiger partial charge is 0.496 e. The number of aromatic amines is 1. The summed E-state index contributed by atoms with van der Waals surface area (Å²) in [5.41, 5.74) is 3.57. The maximum absolute atomic E-state index is 5.43. The van der Waals surface area contributed by atoms with Crippen molar-refractivity contribution in [3.05, 3.63) is 42.0 Å². The Morgan fingerprint density at radius 3 is 2.38 bits per heavy atom. The number of ether oxygens (including phenoxy) is 1. The van der Waals surface area contributed by atoms with Crippen molar-refractivity contribution in [3.63, 3.8) is 0 Å². The lowest BCUT2D eigenvalue weighted by atomic mass is 10.1. The van der Waals surface area contributed by atoms with E-state index in [1.54, 1.807) is 7.11 Å². The smallest absolute Gasteiger partial charge is 0.128 e. The summed E-state index contributed by atoms with van der Waals surface area (Å²) in [6.07, 6.45) is 0. The lowest BCUT2D eigenvalue weighted by Crippen LogP contribution is -1.83. The van der Waals surface area contributed by atoms with E-state index in [4.69, 9.17) is 4.74 Å². The van der Waals surface area contributed by atoms with Gasteiger partial charge >= 0.3 is 0 Å². The van der Waals surface area contributed by atoms with Gasteiger partial charge in [-0.1, -0.05) is 18.2 Å². The maximum Gasteiger partial charge on any atom is 0.128 e. The summed E-state index contributed by atoms with van der Waals surface area (Å²) >= 11 is 0. The van der Waals surface area contributed by atoms with Crippen LogP contribution in [0.4, 0.5) is 0 Å². The Kier molecular flexibility index (Phi) is 1.90. The molecule has 2 heteroatoms. The number of rotatable bonds is 1. The Morgan fingerprint density at radius 2 is 1.62 bits per heavy atom. The van der Waals surface area contributed by atoms with Crippen LogP contribution >= 0.6 is 0 Å². The van der Waals surface area contributed by atoms with E-state index in [0.29, 0.717) is 0 Å². The molecule has 0 saturated carbocycles. The predicted octanol–water partition coefficient (Wildman–Crippen LogP) is 3.64. The van der Waals surface area contributed by atoms with Gasteiger partial charge in [0.15, 0.2) is 0 Å². The van der Waals surface area contributed by atoms with Crippen LogP contribution < -0.4 is 4.74 Å². The summed E-state index contributed by atoms with van der Waals surface area (Å²) < 4.78 is 5.43. The second kappa shape index (κ2) is 3.27. The fourth-order valence-electron chi connectivity index (χ4n) is 2.31. The molecule has 0 amide bonds.